The molecule has 0 spiro atoms. The lowest BCUT2D eigenvalue weighted by Gasteiger charge is -2.32. The Labute approximate surface area is 170 Å². The highest BCUT2D eigenvalue weighted by molar-refractivity contribution is 6.32. The fourth-order valence-electron chi connectivity index (χ4n) is 3.58. The lowest BCUT2D eigenvalue weighted by molar-refractivity contribution is -0.130. The number of rotatable bonds is 6. The van der Waals surface area contributed by atoms with Gasteiger partial charge in [0.25, 0.3) is 0 Å². The molecule has 0 aromatic heterocycles. The Kier molecular flexibility index (Phi) is 6.57. The van der Waals surface area contributed by atoms with Gasteiger partial charge in [0.1, 0.15) is 5.75 Å². The Hall–Kier alpha value is -2.53. The average Bonchev–Trinajstić information content (AvgIpc) is 2.71. The summed E-state index contributed by atoms with van der Waals surface area (Å²) in [5, 5.41) is 0.655. The second kappa shape index (κ2) is 9.11. The molecule has 28 heavy (non-hydrogen) atoms. The molecule has 0 radical (unpaired) electrons. The van der Waals surface area contributed by atoms with Crippen LogP contribution in [0.1, 0.15) is 30.9 Å². The first-order valence-corrected chi connectivity index (χ1v) is 9.84. The van der Waals surface area contributed by atoms with Crippen LogP contribution in [0.25, 0.3) is 0 Å². The van der Waals surface area contributed by atoms with Gasteiger partial charge < -0.3 is 14.5 Å². The summed E-state index contributed by atoms with van der Waals surface area (Å²) in [5.74, 6) is 0.581. The zero-order valence-electron chi connectivity index (χ0n) is 16.3. The first-order chi connectivity index (χ1) is 13.5. The Morgan fingerprint density at radius 1 is 1.18 bits per heavy atom. The van der Waals surface area contributed by atoms with E-state index in [1.165, 1.54) is 6.92 Å². The van der Waals surface area contributed by atoms with E-state index in [4.69, 9.17) is 16.3 Å². The van der Waals surface area contributed by atoms with Crippen molar-refractivity contribution in [1.29, 1.82) is 0 Å². The van der Waals surface area contributed by atoms with Gasteiger partial charge in [-0.1, -0.05) is 41.9 Å². The van der Waals surface area contributed by atoms with Gasteiger partial charge in [0.15, 0.2) is 0 Å². The first-order valence-electron chi connectivity index (χ1n) is 9.46. The number of hydrogen-bond donors (Lipinski definition) is 0. The quantitative estimate of drug-likeness (QED) is 0.734. The van der Waals surface area contributed by atoms with Crippen LogP contribution < -0.4 is 9.64 Å². The number of benzene rings is 2. The van der Waals surface area contributed by atoms with Crippen LogP contribution in [-0.4, -0.2) is 36.9 Å². The molecule has 0 saturated heterocycles. The highest BCUT2D eigenvalue weighted by Crippen LogP contribution is 2.40. The fourth-order valence-corrected chi connectivity index (χ4v) is 3.83. The highest BCUT2D eigenvalue weighted by atomic mass is 35.5. The van der Waals surface area contributed by atoms with Crippen molar-refractivity contribution in [3.05, 3.63) is 58.6 Å². The molecular weight excluding hydrogens is 376 g/mol. The first kappa shape index (κ1) is 20.2. The van der Waals surface area contributed by atoms with Crippen molar-refractivity contribution < 1.29 is 14.3 Å². The topological polar surface area (TPSA) is 49.9 Å². The largest absolute Gasteiger partial charge is 0.495 e. The summed E-state index contributed by atoms with van der Waals surface area (Å²) in [6.45, 7) is 3.03. The number of amides is 2. The second-order valence-corrected chi connectivity index (χ2v) is 7.31. The number of carbonyl (C=O) groups excluding carboxylic acids is 2. The molecule has 6 heteroatoms. The Balaban J connectivity index is 1.73. The van der Waals surface area contributed by atoms with E-state index in [1.54, 1.807) is 23.0 Å². The molecule has 0 aliphatic carbocycles. The van der Waals surface area contributed by atoms with Crippen molar-refractivity contribution >= 4 is 29.1 Å². The minimum absolute atomic E-state index is 0.0270. The molecule has 1 aliphatic rings. The molecule has 2 aromatic carbocycles. The van der Waals surface area contributed by atoms with Crippen molar-refractivity contribution in [2.45, 2.75) is 32.7 Å². The predicted octanol–water partition coefficient (Wildman–Crippen LogP) is 4.07. The molecule has 0 fully saturated rings. The van der Waals surface area contributed by atoms with Gasteiger partial charge in [0.05, 0.1) is 12.8 Å². The number of ether oxygens (including phenoxy) is 1. The van der Waals surface area contributed by atoms with Crippen LogP contribution in [0.3, 0.4) is 0 Å². The van der Waals surface area contributed by atoms with Gasteiger partial charge in [-0.3, -0.25) is 9.59 Å². The SMILES string of the molecule is COc1ccc(Cl)c2c1N(C(=O)CCN(Cc1ccccc1)C(C)=O)CCC2. The van der Waals surface area contributed by atoms with E-state index in [9.17, 15) is 9.59 Å². The number of fused-ring (bicyclic) bond motifs is 1. The van der Waals surface area contributed by atoms with Crippen LogP contribution in [0.4, 0.5) is 5.69 Å². The standard InChI is InChI=1S/C22H25ClN2O3/c1-16(26)24(15-17-7-4-3-5-8-17)14-12-21(27)25-13-6-9-18-19(23)10-11-20(28-2)22(18)25/h3-5,7-8,10-11H,6,9,12-15H2,1-2H3. The molecule has 2 amide bonds. The average molecular weight is 401 g/mol. The maximum absolute atomic E-state index is 13.0. The molecule has 0 unspecified atom stereocenters. The second-order valence-electron chi connectivity index (χ2n) is 6.90. The fraction of sp³-hybridized carbons (Fsp3) is 0.364. The maximum atomic E-state index is 13.0. The van der Waals surface area contributed by atoms with Gasteiger partial charge in [0.2, 0.25) is 11.8 Å². The monoisotopic (exact) mass is 400 g/mol. The van der Waals surface area contributed by atoms with Crippen LogP contribution in [0.15, 0.2) is 42.5 Å². The third-order valence-corrected chi connectivity index (χ3v) is 5.40. The van der Waals surface area contributed by atoms with Crippen LogP contribution in [0, 0.1) is 0 Å². The van der Waals surface area contributed by atoms with E-state index in [2.05, 4.69) is 0 Å². The van der Waals surface area contributed by atoms with Crippen LogP contribution in [0.2, 0.25) is 5.02 Å². The third-order valence-electron chi connectivity index (χ3n) is 5.05. The van der Waals surface area contributed by atoms with Crippen molar-refractivity contribution in [3.63, 3.8) is 0 Å². The van der Waals surface area contributed by atoms with Crippen LogP contribution >= 0.6 is 11.6 Å². The molecule has 1 heterocycles. The number of halogens is 1. The minimum Gasteiger partial charge on any atom is -0.495 e. The molecule has 0 atom stereocenters. The molecular formula is C22H25ClN2O3. The molecule has 0 saturated carbocycles. The van der Waals surface area contributed by atoms with E-state index in [0.717, 1.165) is 29.7 Å². The van der Waals surface area contributed by atoms with E-state index >= 15 is 0 Å². The summed E-state index contributed by atoms with van der Waals surface area (Å²) < 4.78 is 5.47. The summed E-state index contributed by atoms with van der Waals surface area (Å²) >= 11 is 6.35. The van der Waals surface area contributed by atoms with Gasteiger partial charge in [-0.25, -0.2) is 0 Å². The number of methoxy groups -OCH3 is 1. The van der Waals surface area contributed by atoms with Gasteiger partial charge in [-0.15, -0.1) is 0 Å². The number of nitrogens with zero attached hydrogens (tertiary/aromatic N) is 2. The van der Waals surface area contributed by atoms with Crippen molar-refractivity contribution in [2.75, 3.05) is 25.1 Å². The summed E-state index contributed by atoms with van der Waals surface area (Å²) in [4.78, 5) is 28.5. The molecule has 1 aliphatic heterocycles. The summed E-state index contributed by atoms with van der Waals surface area (Å²) in [6, 6.07) is 13.4. The van der Waals surface area contributed by atoms with E-state index < -0.39 is 0 Å². The number of carbonyl (C=O) groups is 2. The van der Waals surface area contributed by atoms with Gasteiger partial charge in [0, 0.05) is 38.0 Å². The molecule has 0 N–H and O–H groups in total. The summed E-state index contributed by atoms with van der Waals surface area (Å²) in [7, 11) is 1.60. The molecule has 0 bridgehead atoms. The van der Waals surface area contributed by atoms with Gasteiger partial charge >= 0.3 is 0 Å². The Morgan fingerprint density at radius 3 is 2.61 bits per heavy atom. The molecule has 2 aromatic rings. The van der Waals surface area contributed by atoms with Crippen LogP contribution in [-0.2, 0) is 22.6 Å². The van der Waals surface area contributed by atoms with Gasteiger partial charge in [-0.2, -0.15) is 0 Å². The molecule has 148 valence electrons. The maximum Gasteiger partial charge on any atom is 0.228 e. The summed E-state index contributed by atoms with van der Waals surface area (Å²) in [6.07, 6.45) is 1.93. The zero-order valence-corrected chi connectivity index (χ0v) is 17.0. The van der Waals surface area contributed by atoms with E-state index in [1.807, 2.05) is 36.4 Å². The predicted molar refractivity (Wildman–Crippen MR) is 111 cm³/mol. The Morgan fingerprint density at radius 2 is 1.93 bits per heavy atom. The Bertz CT molecular complexity index is 854. The summed E-state index contributed by atoms with van der Waals surface area (Å²) in [5.41, 5.74) is 2.76. The molecule has 3 rings (SSSR count). The lowest BCUT2D eigenvalue weighted by atomic mass is 10.0. The smallest absolute Gasteiger partial charge is 0.228 e. The van der Waals surface area contributed by atoms with Crippen molar-refractivity contribution in [2.24, 2.45) is 0 Å². The van der Waals surface area contributed by atoms with Crippen molar-refractivity contribution in [1.82, 2.24) is 4.90 Å². The number of hydrogen-bond acceptors (Lipinski definition) is 3. The van der Waals surface area contributed by atoms with Crippen LogP contribution in [0.5, 0.6) is 5.75 Å². The minimum atomic E-state index is -0.0451. The van der Waals surface area contributed by atoms with Gasteiger partial charge in [-0.05, 0) is 36.1 Å². The van der Waals surface area contributed by atoms with E-state index in [0.29, 0.717) is 30.4 Å². The van der Waals surface area contributed by atoms with E-state index in [-0.39, 0.29) is 18.2 Å². The zero-order chi connectivity index (χ0) is 20.1. The number of anilines is 1. The highest BCUT2D eigenvalue weighted by Gasteiger charge is 2.28. The van der Waals surface area contributed by atoms with Crippen molar-refractivity contribution in [3.8, 4) is 5.75 Å². The third kappa shape index (κ3) is 4.47. The normalized spacial score (nSPS) is 13.0. The lowest BCUT2D eigenvalue weighted by Crippen LogP contribution is -2.39. The molecule has 5 nitrogen and oxygen atoms in total.